The first-order chi connectivity index (χ1) is 13.7. The zero-order valence-corrected chi connectivity index (χ0v) is 16.5. The molecule has 0 aliphatic heterocycles. The summed E-state index contributed by atoms with van der Waals surface area (Å²) in [6.07, 6.45) is 1.67. The molecule has 0 spiro atoms. The summed E-state index contributed by atoms with van der Waals surface area (Å²) in [7, 11) is 1.66. The molecule has 0 amide bonds. The van der Waals surface area contributed by atoms with Crippen LogP contribution in [0.4, 0.5) is 0 Å². The average Bonchev–Trinajstić information content (AvgIpc) is 3.20. The maximum absolute atomic E-state index is 5.61. The van der Waals surface area contributed by atoms with Gasteiger partial charge in [0.15, 0.2) is 5.96 Å². The Hall–Kier alpha value is -3.28. The van der Waals surface area contributed by atoms with Gasteiger partial charge in [0.05, 0.1) is 25.9 Å². The molecule has 6 nitrogen and oxygen atoms in total. The number of methoxy groups -OCH3 is 1. The van der Waals surface area contributed by atoms with Crippen molar-refractivity contribution in [1.29, 1.82) is 0 Å². The molecular weight excluding hydrogens is 352 g/mol. The minimum atomic E-state index is 0.527. The van der Waals surface area contributed by atoms with Crippen LogP contribution in [0.3, 0.4) is 0 Å². The summed E-state index contributed by atoms with van der Waals surface area (Å²) in [6, 6.07) is 16.0. The number of rotatable bonds is 7. The molecule has 0 radical (unpaired) electrons. The minimum absolute atomic E-state index is 0.527. The number of aryl methyl sites for hydroxylation is 1. The molecule has 0 atom stereocenters. The minimum Gasteiger partial charge on any atom is -0.497 e. The number of aromatic nitrogens is 1. The number of oxazole rings is 1. The van der Waals surface area contributed by atoms with E-state index in [2.05, 4.69) is 27.5 Å². The van der Waals surface area contributed by atoms with E-state index in [1.807, 2.05) is 55.5 Å². The molecule has 0 aliphatic carbocycles. The van der Waals surface area contributed by atoms with E-state index in [9.17, 15) is 0 Å². The Morgan fingerprint density at radius 1 is 1.14 bits per heavy atom. The molecule has 3 aromatic rings. The fourth-order valence-corrected chi connectivity index (χ4v) is 2.67. The van der Waals surface area contributed by atoms with Crippen LogP contribution in [0.15, 0.2) is 64.2 Å². The van der Waals surface area contributed by atoms with Gasteiger partial charge in [-0.2, -0.15) is 0 Å². The van der Waals surface area contributed by atoms with Crippen molar-refractivity contribution in [2.45, 2.75) is 26.9 Å². The van der Waals surface area contributed by atoms with E-state index in [1.54, 1.807) is 13.4 Å². The van der Waals surface area contributed by atoms with Crippen LogP contribution in [0.1, 0.15) is 23.7 Å². The molecule has 1 aromatic heterocycles. The van der Waals surface area contributed by atoms with Gasteiger partial charge in [0.2, 0.25) is 5.89 Å². The van der Waals surface area contributed by atoms with E-state index in [0.717, 1.165) is 35.1 Å². The van der Waals surface area contributed by atoms with E-state index < -0.39 is 0 Å². The molecule has 0 saturated heterocycles. The Morgan fingerprint density at radius 2 is 1.96 bits per heavy atom. The first kappa shape index (κ1) is 19.5. The second kappa shape index (κ2) is 9.60. The quantitative estimate of drug-likeness (QED) is 0.482. The lowest BCUT2D eigenvalue weighted by Crippen LogP contribution is -2.36. The molecule has 2 N–H and O–H groups in total. The summed E-state index contributed by atoms with van der Waals surface area (Å²) in [5.74, 6) is 2.18. The highest BCUT2D eigenvalue weighted by molar-refractivity contribution is 5.79. The topological polar surface area (TPSA) is 71.7 Å². The van der Waals surface area contributed by atoms with Crippen LogP contribution in [-0.4, -0.2) is 24.6 Å². The van der Waals surface area contributed by atoms with Crippen LogP contribution < -0.4 is 15.4 Å². The zero-order valence-electron chi connectivity index (χ0n) is 16.5. The van der Waals surface area contributed by atoms with Gasteiger partial charge in [-0.1, -0.05) is 29.8 Å². The Bertz CT molecular complexity index is 916. The summed E-state index contributed by atoms with van der Waals surface area (Å²) >= 11 is 0. The van der Waals surface area contributed by atoms with Crippen LogP contribution in [0, 0.1) is 6.92 Å². The van der Waals surface area contributed by atoms with E-state index in [0.29, 0.717) is 19.0 Å². The molecule has 1 heterocycles. The van der Waals surface area contributed by atoms with E-state index in [4.69, 9.17) is 9.15 Å². The number of nitrogens with zero attached hydrogens (tertiary/aromatic N) is 2. The molecule has 3 rings (SSSR count). The smallest absolute Gasteiger partial charge is 0.226 e. The lowest BCUT2D eigenvalue weighted by Gasteiger charge is -2.10. The Kier molecular flexibility index (Phi) is 6.68. The number of ether oxygens (including phenoxy) is 1. The Morgan fingerprint density at radius 3 is 2.71 bits per heavy atom. The van der Waals surface area contributed by atoms with Gasteiger partial charge in [-0.05, 0) is 43.7 Å². The lowest BCUT2D eigenvalue weighted by atomic mass is 10.1. The second-order valence-electron chi connectivity index (χ2n) is 6.41. The van der Waals surface area contributed by atoms with Crippen molar-refractivity contribution >= 4 is 5.96 Å². The molecule has 0 fully saturated rings. The second-order valence-corrected chi connectivity index (χ2v) is 6.41. The van der Waals surface area contributed by atoms with Crippen molar-refractivity contribution in [3.05, 3.63) is 71.6 Å². The summed E-state index contributed by atoms with van der Waals surface area (Å²) in [5.41, 5.74) is 4.08. The maximum Gasteiger partial charge on any atom is 0.226 e. The fourth-order valence-electron chi connectivity index (χ4n) is 2.67. The van der Waals surface area contributed by atoms with Gasteiger partial charge in [-0.15, -0.1) is 0 Å². The van der Waals surface area contributed by atoms with Gasteiger partial charge in [-0.25, -0.2) is 9.98 Å². The van der Waals surface area contributed by atoms with Crippen LogP contribution in [0.2, 0.25) is 0 Å². The predicted molar refractivity (Wildman–Crippen MR) is 111 cm³/mol. The van der Waals surface area contributed by atoms with Crippen molar-refractivity contribution < 1.29 is 9.15 Å². The molecule has 6 heteroatoms. The SMILES string of the molecule is CCNC(=NCc1cccc(OC)c1)NCc1coc(-c2ccc(C)cc2)n1. The standard InChI is InChI=1S/C22H26N4O2/c1-4-23-22(24-13-17-6-5-7-20(12-17)27-3)25-14-19-15-28-21(26-19)18-10-8-16(2)9-11-18/h5-12,15H,4,13-14H2,1-3H3,(H2,23,24,25). The molecule has 0 saturated carbocycles. The lowest BCUT2D eigenvalue weighted by molar-refractivity contribution is 0.414. The monoisotopic (exact) mass is 378 g/mol. The number of hydrogen-bond acceptors (Lipinski definition) is 4. The number of guanidine groups is 1. The van der Waals surface area contributed by atoms with Crippen LogP contribution >= 0.6 is 0 Å². The van der Waals surface area contributed by atoms with Crippen molar-refractivity contribution in [2.24, 2.45) is 4.99 Å². The predicted octanol–water partition coefficient (Wildman–Crippen LogP) is 3.91. The fraction of sp³-hybridized carbons (Fsp3) is 0.273. The van der Waals surface area contributed by atoms with E-state index >= 15 is 0 Å². The third kappa shape index (κ3) is 5.36. The van der Waals surface area contributed by atoms with E-state index in [1.165, 1.54) is 5.56 Å². The highest BCUT2D eigenvalue weighted by Crippen LogP contribution is 2.19. The maximum atomic E-state index is 5.61. The van der Waals surface area contributed by atoms with Crippen LogP contribution in [-0.2, 0) is 13.1 Å². The molecule has 0 aliphatic rings. The number of aliphatic imine (C=N–C) groups is 1. The van der Waals surface area contributed by atoms with Gasteiger partial charge in [-0.3, -0.25) is 0 Å². The van der Waals surface area contributed by atoms with Gasteiger partial charge in [0, 0.05) is 12.1 Å². The first-order valence-electron chi connectivity index (χ1n) is 9.34. The average molecular weight is 378 g/mol. The van der Waals surface area contributed by atoms with Crippen molar-refractivity contribution in [3.8, 4) is 17.2 Å². The normalized spacial score (nSPS) is 11.3. The van der Waals surface area contributed by atoms with Crippen LogP contribution in [0.5, 0.6) is 5.75 Å². The molecule has 28 heavy (non-hydrogen) atoms. The van der Waals surface area contributed by atoms with Gasteiger partial charge < -0.3 is 19.8 Å². The summed E-state index contributed by atoms with van der Waals surface area (Å²) < 4.78 is 10.9. The molecule has 0 unspecified atom stereocenters. The van der Waals surface area contributed by atoms with Gasteiger partial charge in [0.25, 0.3) is 0 Å². The summed E-state index contributed by atoms with van der Waals surface area (Å²) in [6.45, 7) is 5.95. The van der Waals surface area contributed by atoms with Crippen LogP contribution in [0.25, 0.3) is 11.5 Å². The number of benzene rings is 2. The molecule has 0 bridgehead atoms. The highest BCUT2D eigenvalue weighted by Gasteiger charge is 2.07. The summed E-state index contributed by atoms with van der Waals surface area (Å²) in [5, 5.41) is 6.54. The first-order valence-corrected chi connectivity index (χ1v) is 9.34. The third-order valence-electron chi connectivity index (χ3n) is 4.19. The van der Waals surface area contributed by atoms with Crippen molar-refractivity contribution in [1.82, 2.24) is 15.6 Å². The Labute approximate surface area is 165 Å². The number of hydrogen-bond donors (Lipinski definition) is 2. The highest BCUT2D eigenvalue weighted by atomic mass is 16.5. The zero-order chi connectivity index (χ0) is 19.8. The van der Waals surface area contributed by atoms with Crippen molar-refractivity contribution in [2.75, 3.05) is 13.7 Å². The van der Waals surface area contributed by atoms with Gasteiger partial charge >= 0.3 is 0 Å². The van der Waals surface area contributed by atoms with Gasteiger partial charge in [0.1, 0.15) is 12.0 Å². The molecular formula is C22H26N4O2. The molecule has 146 valence electrons. The molecule has 2 aromatic carbocycles. The largest absolute Gasteiger partial charge is 0.497 e. The Balaban J connectivity index is 1.62. The third-order valence-corrected chi connectivity index (χ3v) is 4.19. The number of nitrogens with one attached hydrogen (secondary N) is 2. The van der Waals surface area contributed by atoms with Crippen molar-refractivity contribution in [3.63, 3.8) is 0 Å². The van der Waals surface area contributed by atoms with E-state index in [-0.39, 0.29) is 0 Å². The summed E-state index contributed by atoms with van der Waals surface area (Å²) in [4.78, 5) is 9.18.